The fourth-order valence-electron chi connectivity index (χ4n) is 1.98. The number of sulfonamides is 1. The van der Waals surface area contributed by atoms with Gasteiger partial charge in [0.15, 0.2) is 9.84 Å². The standard InChI is InChI=1S/C11H14FNO4S2/c1-18(14,15)9-4-5-10(12)11(8-9)19(16,17)13-6-2-3-7-13/h4-5,8H,2-3,6-7H2,1H3. The van der Waals surface area contributed by atoms with E-state index in [1.54, 1.807) is 0 Å². The minimum absolute atomic E-state index is 0.202. The summed E-state index contributed by atoms with van der Waals surface area (Å²) in [5.41, 5.74) is 0. The van der Waals surface area contributed by atoms with E-state index in [9.17, 15) is 21.2 Å². The second-order valence-electron chi connectivity index (χ2n) is 4.48. The van der Waals surface area contributed by atoms with Gasteiger partial charge >= 0.3 is 0 Å². The van der Waals surface area contributed by atoms with Crippen LogP contribution in [0.5, 0.6) is 0 Å². The van der Waals surface area contributed by atoms with Crippen molar-refractivity contribution in [1.29, 1.82) is 0 Å². The number of halogens is 1. The molecule has 2 rings (SSSR count). The van der Waals surface area contributed by atoms with E-state index in [4.69, 9.17) is 0 Å². The number of hydrogen-bond acceptors (Lipinski definition) is 4. The topological polar surface area (TPSA) is 71.5 Å². The monoisotopic (exact) mass is 307 g/mol. The van der Waals surface area contributed by atoms with Gasteiger partial charge < -0.3 is 0 Å². The molecule has 1 aliphatic heterocycles. The van der Waals surface area contributed by atoms with Gasteiger partial charge in [-0.25, -0.2) is 21.2 Å². The number of sulfone groups is 1. The van der Waals surface area contributed by atoms with Crippen LogP contribution in [-0.4, -0.2) is 40.5 Å². The van der Waals surface area contributed by atoms with Gasteiger partial charge in [-0.05, 0) is 31.0 Å². The molecule has 19 heavy (non-hydrogen) atoms. The summed E-state index contributed by atoms with van der Waals surface area (Å²) in [5.74, 6) is -0.931. The van der Waals surface area contributed by atoms with Gasteiger partial charge in [0.1, 0.15) is 10.7 Å². The summed E-state index contributed by atoms with van der Waals surface area (Å²) in [6.07, 6.45) is 2.41. The lowest BCUT2D eigenvalue weighted by molar-refractivity contribution is 0.469. The molecule has 1 heterocycles. The Labute approximate surface area is 112 Å². The quantitative estimate of drug-likeness (QED) is 0.782. The molecular formula is C11H14FNO4S2. The van der Waals surface area contributed by atoms with E-state index in [1.807, 2.05) is 0 Å². The largest absolute Gasteiger partial charge is 0.246 e. The van der Waals surface area contributed by atoms with Gasteiger partial charge in [-0.2, -0.15) is 4.31 Å². The summed E-state index contributed by atoms with van der Waals surface area (Å²) >= 11 is 0. The summed E-state index contributed by atoms with van der Waals surface area (Å²) < 4.78 is 62.2. The maximum absolute atomic E-state index is 13.7. The Morgan fingerprint density at radius 1 is 1.11 bits per heavy atom. The van der Waals surface area contributed by atoms with Gasteiger partial charge in [0, 0.05) is 19.3 Å². The van der Waals surface area contributed by atoms with Crippen LogP contribution in [0.2, 0.25) is 0 Å². The molecule has 0 aromatic heterocycles. The van der Waals surface area contributed by atoms with Crippen molar-refractivity contribution in [1.82, 2.24) is 4.31 Å². The summed E-state index contributed by atoms with van der Waals surface area (Å²) in [7, 11) is -7.53. The third-order valence-corrected chi connectivity index (χ3v) is 6.04. The van der Waals surface area contributed by atoms with Crippen LogP contribution < -0.4 is 0 Å². The van der Waals surface area contributed by atoms with Crippen molar-refractivity contribution in [2.45, 2.75) is 22.6 Å². The summed E-state index contributed by atoms with van der Waals surface area (Å²) in [5, 5.41) is 0. The lowest BCUT2D eigenvalue weighted by Gasteiger charge is -2.16. The zero-order valence-electron chi connectivity index (χ0n) is 10.3. The van der Waals surface area contributed by atoms with E-state index < -0.39 is 30.6 Å². The zero-order valence-corrected chi connectivity index (χ0v) is 12.0. The van der Waals surface area contributed by atoms with Crippen LogP contribution in [0.1, 0.15) is 12.8 Å². The summed E-state index contributed by atoms with van der Waals surface area (Å²) in [4.78, 5) is -0.774. The van der Waals surface area contributed by atoms with Gasteiger partial charge in [-0.3, -0.25) is 0 Å². The molecule has 106 valence electrons. The molecule has 0 spiro atoms. The average molecular weight is 307 g/mol. The van der Waals surface area contributed by atoms with Crippen molar-refractivity contribution in [2.24, 2.45) is 0 Å². The first-order chi connectivity index (χ1) is 8.73. The van der Waals surface area contributed by atoms with Crippen molar-refractivity contribution in [3.8, 4) is 0 Å². The Balaban J connectivity index is 2.55. The fourth-order valence-corrected chi connectivity index (χ4v) is 4.31. The van der Waals surface area contributed by atoms with Crippen LogP contribution >= 0.6 is 0 Å². The van der Waals surface area contributed by atoms with Gasteiger partial charge in [0.05, 0.1) is 4.90 Å². The molecule has 0 N–H and O–H groups in total. The van der Waals surface area contributed by atoms with Crippen molar-refractivity contribution >= 4 is 19.9 Å². The van der Waals surface area contributed by atoms with Gasteiger partial charge in [-0.1, -0.05) is 0 Å². The Bertz CT molecular complexity index is 691. The predicted octanol–water partition coefficient (Wildman–Crippen LogP) is 1.01. The molecule has 0 amide bonds. The average Bonchev–Trinajstić information content (AvgIpc) is 2.81. The molecule has 1 aromatic rings. The Morgan fingerprint density at radius 2 is 1.68 bits per heavy atom. The molecule has 0 atom stereocenters. The third-order valence-electron chi connectivity index (χ3n) is 3.01. The highest BCUT2D eigenvalue weighted by Crippen LogP contribution is 2.25. The number of nitrogens with zero attached hydrogens (tertiary/aromatic N) is 1. The Kier molecular flexibility index (Phi) is 3.67. The smallest absolute Gasteiger partial charge is 0.224 e. The highest BCUT2D eigenvalue weighted by atomic mass is 32.2. The van der Waals surface area contributed by atoms with E-state index in [2.05, 4.69) is 0 Å². The number of benzene rings is 1. The van der Waals surface area contributed by atoms with Gasteiger partial charge in [0.25, 0.3) is 0 Å². The molecular weight excluding hydrogens is 293 g/mol. The molecule has 5 nitrogen and oxygen atoms in total. The summed E-state index contributed by atoms with van der Waals surface area (Å²) in [6.45, 7) is 0.676. The van der Waals surface area contributed by atoms with Crippen molar-refractivity contribution < 1.29 is 21.2 Å². The first kappa shape index (κ1) is 14.4. The summed E-state index contributed by atoms with van der Waals surface area (Å²) in [6, 6.07) is 2.82. The molecule has 0 saturated carbocycles. The van der Waals surface area contributed by atoms with Crippen LogP contribution in [0.15, 0.2) is 28.0 Å². The van der Waals surface area contributed by atoms with E-state index in [-0.39, 0.29) is 4.90 Å². The second-order valence-corrected chi connectivity index (χ2v) is 8.40. The number of rotatable bonds is 3. The maximum atomic E-state index is 13.7. The lowest BCUT2D eigenvalue weighted by Crippen LogP contribution is -2.28. The van der Waals surface area contributed by atoms with Crippen LogP contribution in [0.3, 0.4) is 0 Å². The Hall–Kier alpha value is -0.990. The van der Waals surface area contributed by atoms with Crippen molar-refractivity contribution in [2.75, 3.05) is 19.3 Å². The highest BCUT2D eigenvalue weighted by molar-refractivity contribution is 7.91. The highest BCUT2D eigenvalue weighted by Gasteiger charge is 2.30. The lowest BCUT2D eigenvalue weighted by atomic mass is 10.3. The fraction of sp³-hybridized carbons (Fsp3) is 0.455. The molecule has 0 aliphatic carbocycles. The van der Waals surface area contributed by atoms with E-state index >= 15 is 0 Å². The van der Waals surface area contributed by atoms with E-state index in [0.29, 0.717) is 13.1 Å². The minimum atomic E-state index is -3.96. The number of hydrogen-bond donors (Lipinski definition) is 0. The first-order valence-corrected chi connectivity index (χ1v) is 9.06. The van der Waals surface area contributed by atoms with Gasteiger partial charge in [-0.15, -0.1) is 0 Å². The molecule has 0 radical (unpaired) electrons. The first-order valence-electron chi connectivity index (χ1n) is 5.73. The normalized spacial score (nSPS) is 17.8. The molecule has 0 bridgehead atoms. The van der Waals surface area contributed by atoms with Crippen molar-refractivity contribution in [3.05, 3.63) is 24.0 Å². The predicted molar refractivity (Wildman–Crippen MR) is 67.5 cm³/mol. The molecule has 1 aliphatic rings. The van der Waals surface area contributed by atoms with E-state index in [0.717, 1.165) is 37.3 Å². The minimum Gasteiger partial charge on any atom is -0.224 e. The zero-order chi connectivity index (χ0) is 14.3. The third kappa shape index (κ3) is 2.80. The van der Waals surface area contributed by atoms with Crippen molar-refractivity contribution in [3.63, 3.8) is 0 Å². The SMILES string of the molecule is CS(=O)(=O)c1ccc(F)c(S(=O)(=O)N2CCCC2)c1. The van der Waals surface area contributed by atoms with Crippen LogP contribution in [-0.2, 0) is 19.9 Å². The second kappa shape index (κ2) is 4.84. The molecule has 1 saturated heterocycles. The van der Waals surface area contributed by atoms with E-state index in [1.165, 1.54) is 4.31 Å². The molecule has 1 fully saturated rings. The van der Waals surface area contributed by atoms with Crippen LogP contribution in [0.25, 0.3) is 0 Å². The Morgan fingerprint density at radius 3 is 2.21 bits per heavy atom. The maximum Gasteiger partial charge on any atom is 0.246 e. The molecule has 8 heteroatoms. The van der Waals surface area contributed by atoms with Gasteiger partial charge in [0.2, 0.25) is 10.0 Å². The van der Waals surface area contributed by atoms with Crippen LogP contribution in [0.4, 0.5) is 4.39 Å². The molecule has 1 aromatic carbocycles. The molecule has 0 unspecified atom stereocenters. The van der Waals surface area contributed by atoms with Crippen LogP contribution in [0, 0.1) is 5.82 Å².